The van der Waals surface area contributed by atoms with Crippen LogP contribution < -0.4 is 10.6 Å². The van der Waals surface area contributed by atoms with E-state index in [0.29, 0.717) is 13.1 Å². The van der Waals surface area contributed by atoms with Gasteiger partial charge in [0, 0.05) is 52.1 Å². The third-order valence-electron chi connectivity index (χ3n) is 3.56. The van der Waals surface area contributed by atoms with Crippen LogP contribution >= 0.6 is 24.0 Å². The second kappa shape index (κ2) is 11.5. The fourth-order valence-corrected chi connectivity index (χ4v) is 2.20. The van der Waals surface area contributed by atoms with E-state index >= 15 is 0 Å². The summed E-state index contributed by atoms with van der Waals surface area (Å²) >= 11 is 0. The van der Waals surface area contributed by atoms with Crippen molar-refractivity contribution in [2.75, 3.05) is 45.8 Å². The molecule has 134 valence electrons. The second-order valence-electron chi connectivity index (χ2n) is 5.67. The lowest BCUT2D eigenvalue weighted by molar-refractivity contribution is -0.130. The summed E-state index contributed by atoms with van der Waals surface area (Å²) in [5, 5.41) is 6.13. The maximum Gasteiger partial charge on any atom is 0.222 e. The van der Waals surface area contributed by atoms with Crippen molar-refractivity contribution in [1.29, 1.82) is 0 Å². The van der Waals surface area contributed by atoms with Crippen molar-refractivity contribution in [3.05, 3.63) is 0 Å². The zero-order valence-corrected chi connectivity index (χ0v) is 16.9. The Morgan fingerprint density at radius 3 is 2.13 bits per heavy atom. The number of piperazine rings is 1. The maximum absolute atomic E-state index is 11.5. The van der Waals surface area contributed by atoms with Crippen molar-refractivity contribution in [2.45, 2.75) is 27.7 Å². The van der Waals surface area contributed by atoms with Crippen LogP contribution in [0.3, 0.4) is 0 Å². The Hall–Kier alpha value is -1.06. The van der Waals surface area contributed by atoms with Crippen LogP contribution in [0.2, 0.25) is 0 Å². The van der Waals surface area contributed by atoms with E-state index in [1.807, 2.05) is 25.7 Å². The smallest absolute Gasteiger partial charge is 0.222 e. The molecule has 2 amide bonds. The topological polar surface area (TPSA) is 77.0 Å². The lowest BCUT2D eigenvalue weighted by atomic mass is 10.2. The molecule has 1 fully saturated rings. The zero-order chi connectivity index (χ0) is 16.5. The van der Waals surface area contributed by atoms with Gasteiger partial charge in [-0.15, -0.1) is 24.0 Å². The van der Waals surface area contributed by atoms with Gasteiger partial charge in [-0.25, -0.2) is 0 Å². The van der Waals surface area contributed by atoms with Gasteiger partial charge in [0.1, 0.15) is 0 Å². The van der Waals surface area contributed by atoms with Crippen LogP contribution in [0.5, 0.6) is 0 Å². The fourth-order valence-electron chi connectivity index (χ4n) is 2.20. The molecule has 1 heterocycles. The summed E-state index contributed by atoms with van der Waals surface area (Å²) in [7, 11) is 0. The van der Waals surface area contributed by atoms with E-state index in [-0.39, 0.29) is 41.7 Å². The Bertz CT molecular complexity index is 407. The quantitative estimate of drug-likeness (QED) is 0.283. The summed E-state index contributed by atoms with van der Waals surface area (Å²) in [4.78, 5) is 31.4. The van der Waals surface area contributed by atoms with Crippen molar-refractivity contribution < 1.29 is 9.59 Å². The van der Waals surface area contributed by atoms with Crippen molar-refractivity contribution >= 4 is 41.8 Å². The Kier molecular flexibility index (Phi) is 10.9. The number of carbonyl (C=O) groups is 2. The standard InChI is InChI=1S/C15H29N5O2.HI/c1-5-16-15(18-7-6-17-14(22)12(2)3)20-10-8-19(9-11-20)13(4)21;/h12H,5-11H2,1-4H3,(H,16,18)(H,17,22);1H. The van der Waals surface area contributed by atoms with Crippen LogP contribution in [-0.4, -0.2) is 73.4 Å². The SMILES string of the molecule is CCNC(=NCCNC(=O)C(C)C)N1CCN(C(C)=O)CC1.I. The van der Waals surface area contributed by atoms with Crippen molar-refractivity contribution in [3.8, 4) is 0 Å². The molecule has 0 aromatic heterocycles. The Balaban J connectivity index is 0.00000484. The second-order valence-corrected chi connectivity index (χ2v) is 5.67. The molecule has 7 nitrogen and oxygen atoms in total. The summed E-state index contributed by atoms with van der Waals surface area (Å²) in [5.74, 6) is 1.02. The van der Waals surface area contributed by atoms with Crippen LogP contribution in [0.1, 0.15) is 27.7 Å². The van der Waals surface area contributed by atoms with Gasteiger partial charge in [-0.05, 0) is 6.92 Å². The van der Waals surface area contributed by atoms with Gasteiger partial charge >= 0.3 is 0 Å². The molecule has 8 heteroatoms. The van der Waals surface area contributed by atoms with Crippen molar-refractivity contribution in [2.24, 2.45) is 10.9 Å². The molecular formula is C15H30IN5O2. The molecule has 1 rings (SSSR count). The average molecular weight is 439 g/mol. The molecule has 0 aromatic rings. The minimum Gasteiger partial charge on any atom is -0.357 e. The third kappa shape index (κ3) is 7.85. The molecular weight excluding hydrogens is 409 g/mol. The van der Waals surface area contributed by atoms with E-state index < -0.39 is 0 Å². The Labute approximate surface area is 156 Å². The van der Waals surface area contributed by atoms with E-state index in [2.05, 4.69) is 20.5 Å². The van der Waals surface area contributed by atoms with E-state index in [0.717, 1.165) is 38.7 Å². The minimum atomic E-state index is -0.00289. The molecule has 2 N–H and O–H groups in total. The van der Waals surface area contributed by atoms with Gasteiger partial charge in [-0.3, -0.25) is 14.6 Å². The molecule has 0 aromatic carbocycles. The van der Waals surface area contributed by atoms with Gasteiger partial charge in [-0.1, -0.05) is 13.8 Å². The molecule has 1 saturated heterocycles. The number of halogens is 1. The predicted molar refractivity (Wildman–Crippen MR) is 103 cm³/mol. The highest BCUT2D eigenvalue weighted by atomic mass is 127. The van der Waals surface area contributed by atoms with E-state index in [1.165, 1.54) is 0 Å². The van der Waals surface area contributed by atoms with E-state index in [4.69, 9.17) is 0 Å². The zero-order valence-electron chi connectivity index (χ0n) is 14.6. The molecule has 0 spiro atoms. The Morgan fingerprint density at radius 1 is 1.09 bits per heavy atom. The predicted octanol–water partition coefficient (Wildman–Crippen LogP) is 0.506. The molecule has 0 unspecified atom stereocenters. The fraction of sp³-hybridized carbons (Fsp3) is 0.800. The number of guanidine groups is 1. The summed E-state index contributed by atoms with van der Waals surface area (Å²) in [6.07, 6.45) is 0. The largest absolute Gasteiger partial charge is 0.357 e. The van der Waals surface area contributed by atoms with Crippen LogP contribution in [0, 0.1) is 5.92 Å². The van der Waals surface area contributed by atoms with Gasteiger partial charge in [0.2, 0.25) is 11.8 Å². The van der Waals surface area contributed by atoms with E-state index in [1.54, 1.807) is 6.92 Å². The molecule has 0 saturated carbocycles. The number of hydrogen-bond donors (Lipinski definition) is 2. The first kappa shape index (κ1) is 21.9. The summed E-state index contributed by atoms with van der Waals surface area (Å²) in [6.45, 7) is 12.3. The molecule has 0 radical (unpaired) electrons. The first-order chi connectivity index (χ1) is 10.5. The van der Waals surface area contributed by atoms with Gasteiger partial charge < -0.3 is 20.4 Å². The van der Waals surface area contributed by atoms with Gasteiger partial charge in [0.25, 0.3) is 0 Å². The van der Waals surface area contributed by atoms with Crippen LogP contribution in [-0.2, 0) is 9.59 Å². The molecule has 23 heavy (non-hydrogen) atoms. The first-order valence-corrected chi connectivity index (χ1v) is 8.02. The van der Waals surface area contributed by atoms with Gasteiger partial charge in [-0.2, -0.15) is 0 Å². The monoisotopic (exact) mass is 439 g/mol. The summed E-state index contributed by atoms with van der Waals surface area (Å²) in [5.41, 5.74) is 0. The van der Waals surface area contributed by atoms with E-state index in [9.17, 15) is 9.59 Å². The number of hydrogen-bond acceptors (Lipinski definition) is 3. The van der Waals surface area contributed by atoms with Crippen LogP contribution in [0.15, 0.2) is 4.99 Å². The highest BCUT2D eigenvalue weighted by molar-refractivity contribution is 14.0. The lowest BCUT2D eigenvalue weighted by Gasteiger charge is -2.36. The average Bonchev–Trinajstić information content (AvgIpc) is 2.50. The molecule has 1 aliphatic rings. The number of nitrogens with zero attached hydrogens (tertiary/aromatic N) is 3. The molecule has 1 aliphatic heterocycles. The summed E-state index contributed by atoms with van der Waals surface area (Å²) in [6, 6.07) is 0. The number of carbonyl (C=O) groups excluding carboxylic acids is 2. The van der Waals surface area contributed by atoms with Gasteiger partial charge in [0.15, 0.2) is 5.96 Å². The number of rotatable bonds is 5. The van der Waals surface area contributed by atoms with Crippen LogP contribution in [0.25, 0.3) is 0 Å². The Morgan fingerprint density at radius 2 is 1.65 bits per heavy atom. The van der Waals surface area contributed by atoms with Crippen LogP contribution in [0.4, 0.5) is 0 Å². The normalized spacial score (nSPS) is 15.3. The highest BCUT2D eigenvalue weighted by Crippen LogP contribution is 2.02. The minimum absolute atomic E-state index is 0. The molecule has 0 atom stereocenters. The van der Waals surface area contributed by atoms with Gasteiger partial charge in [0.05, 0.1) is 6.54 Å². The number of nitrogens with one attached hydrogen (secondary N) is 2. The van der Waals surface area contributed by atoms with Crippen molar-refractivity contribution in [3.63, 3.8) is 0 Å². The first-order valence-electron chi connectivity index (χ1n) is 8.02. The summed E-state index contributed by atoms with van der Waals surface area (Å²) < 4.78 is 0. The molecule has 0 aliphatic carbocycles. The highest BCUT2D eigenvalue weighted by Gasteiger charge is 2.20. The number of amides is 2. The number of aliphatic imine (C=N–C) groups is 1. The van der Waals surface area contributed by atoms with Crippen molar-refractivity contribution in [1.82, 2.24) is 20.4 Å². The maximum atomic E-state index is 11.5. The molecule has 0 bridgehead atoms. The lowest BCUT2D eigenvalue weighted by Crippen LogP contribution is -2.53. The third-order valence-corrected chi connectivity index (χ3v) is 3.56.